The summed E-state index contributed by atoms with van der Waals surface area (Å²) >= 11 is 2.01. The first-order chi connectivity index (χ1) is 23.0. The lowest BCUT2D eigenvalue weighted by Gasteiger charge is -2.44. The van der Waals surface area contributed by atoms with Crippen molar-refractivity contribution in [3.63, 3.8) is 0 Å². The summed E-state index contributed by atoms with van der Waals surface area (Å²) in [6, 6.07) is 36.0. The third-order valence-electron chi connectivity index (χ3n) is 11.5. The fourth-order valence-corrected chi connectivity index (χ4v) is 9.86. The summed E-state index contributed by atoms with van der Waals surface area (Å²) in [6.45, 7) is 14.1. The van der Waals surface area contributed by atoms with Gasteiger partial charge in [-0.1, -0.05) is 77.9 Å². The second-order valence-electron chi connectivity index (χ2n) is 16.5. The average molecular weight is 641 g/mol. The van der Waals surface area contributed by atoms with Gasteiger partial charge in [0.05, 0.1) is 5.69 Å². The molecule has 3 heterocycles. The van der Waals surface area contributed by atoms with E-state index in [0.29, 0.717) is 0 Å². The van der Waals surface area contributed by atoms with Crippen molar-refractivity contribution in [3.05, 3.63) is 124 Å². The van der Waals surface area contributed by atoms with Gasteiger partial charge >= 0.3 is 0 Å². The molecule has 0 fully saturated rings. The maximum absolute atomic E-state index is 2.60. The fraction of sp³-hybridized carbons (Fsp3) is 0.273. The van der Waals surface area contributed by atoms with Crippen LogP contribution in [0.1, 0.15) is 74.9 Å². The number of hydrogen-bond acceptors (Lipinski definition) is 3. The Labute approximate surface area is 289 Å². The zero-order valence-corrected chi connectivity index (χ0v) is 29.7. The molecular formula is C44H41BN2S. The number of nitrogens with zero attached hydrogens (tertiary/aromatic N) is 2. The number of benzene rings is 5. The summed E-state index contributed by atoms with van der Waals surface area (Å²) in [6.07, 6.45) is 4.75. The Morgan fingerprint density at radius 3 is 1.85 bits per heavy atom. The fourth-order valence-electron chi connectivity index (χ4n) is 8.56. The number of anilines is 6. The molecule has 10 rings (SSSR count). The first-order valence-electron chi connectivity index (χ1n) is 17.7. The topological polar surface area (TPSA) is 6.48 Å². The molecule has 2 nitrogen and oxygen atoms in total. The number of thiophene rings is 1. The summed E-state index contributed by atoms with van der Waals surface area (Å²) in [5.74, 6) is 0. The predicted octanol–water partition coefficient (Wildman–Crippen LogP) is 9.78. The van der Waals surface area contributed by atoms with Gasteiger partial charge in [-0.2, -0.15) is 0 Å². The Morgan fingerprint density at radius 1 is 0.562 bits per heavy atom. The van der Waals surface area contributed by atoms with Crippen LogP contribution >= 0.6 is 11.3 Å². The van der Waals surface area contributed by atoms with Crippen LogP contribution in [0.4, 0.5) is 34.1 Å². The molecule has 1 aromatic heterocycles. The van der Waals surface area contributed by atoms with Crippen LogP contribution in [0.2, 0.25) is 0 Å². The van der Waals surface area contributed by atoms with E-state index in [1.807, 2.05) is 11.3 Å². The zero-order valence-electron chi connectivity index (χ0n) is 28.9. The van der Waals surface area contributed by atoms with Crippen molar-refractivity contribution in [3.8, 4) is 0 Å². The Kier molecular flexibility index (Phi) is 5.78. The van der Waals surface area contributed by atoms with Gasteiger partial charge in [0, 0.05) is 43.3 Å². The van der Waals surface area contributed by atoms with Crippen LogP contribution in [0, 0.1) is 0 Å². The number of rotatable bonds is 2. The minimum atomic E-state index is 0.0686. The summed E-state index contributed by atoms with van der Waals surface area (Å²) in [5, 5.41) is 1.37. The summed E-state index contributed by atoms with van der Waals surface area (Å²) in [5.41, 5.74) is 19.7. The van der Waals surface area contributed by atoms with Crippen molar-refractivity contribution in [2.24, 2.45) is 0 Å². The normalized spacial score (nSPS) is 15.7. The van der Waals surface area contributed by atoms with E-state index in [4.69, 9.17) is 0 Å². The summed E-state index contributed by atoms with van der Waals surface area (Å²) in [4.78, 5) is 5.20. The molecule has 48 heavy (non-hydrogen) atoms. The van der Waals surface area contributed by atoms with E-state index in [1.54, 1.807) is 0 Å². The van der Waals surface area contributed by atoms with E-state index < -0.39 is 0 Å². The van der Waals surface area contributed by atoms with E-state index in [9.17, 15) is 0 Å². The highest BCUT2D eigenvalue weighted by Gasteiger charge is 2.46. The molecule has 0 amide bonds. The van der Waals surface area contributed by atoms with E-state index in [-0.39, 0.29) is 17.5 Å². The van der Waals surface area contributed by atoms with Gasteiger partial charge in [0.1, 0.15) is 0 Å². The van der Waals surface area contributed by atoms with E-state index in [0.717, 1.165) is 0 Å². The summed E-state index contributed by atoms with van der Waals surface area (Å²) in [7, 11) is 0. The maximum atomic E-state index is 2.60. The number of hydrogen-bond donors (Lipinski definition) is 0. The van der Waals surface area contributed by atoms with Gasteiger partial charge in [0.25, 0.3) is 6.71 Å². The van der Waals surface area contributed by atoms with Crippen molar-refractivity contribution in [1.82, 2.24) is 0 Å². The molecule has 0 atom stereocenters. The first kappa shape index (κ1) is 28.7. The Bertz CT molecular complexity index is 2330. The average Bonchev–Trinajstić information content (AvgIpc) is 3.41. The van der Waals surface area contributed by atoms with Crippen molar-refractivity contribution in [1.29, 1.82) is 0 Å². The largest absolute Gasteiger partial charge is 0.311 e. The van der Waals surface area contributed by atoms with Crippen molar-refractivity contribution in [2.45, 2.75) is 78.1 Å². The highest BCUT2D eigenvalue weighted by atomic mass is 32.1. The quantitative estimate of drug-likeness (QED) is 0.174. The second kappa shape index (κ2) is 9.67. The molecule has 5 aromatic carbocycles. The summed E-state index contributed by atoms with van der Waals surface area (Å²) < 4.78 is 2.84. The van der Waals surface area contributed by atoms with Crippen LogP contribution in [-0.2, 0) is 36.5 Å². The maximum Gasteiger partial charge on any atom is 0.264 e. The molecule has 0 saturated heterocycles. The molecule has 0 bridgehead atoms. The second-order valence-corrected chi connectivity index (χ2v) is 17.6. The van der Waals surface area contributed by atoms with Gasteiger partial charge in [0.15, 0.2) is 0 Å². The van der Waals surface area contributed by atoms with Crippen molar-refractivity contribution < 1.29 is 0 Å². The highest BCUT2D eigenvalue weighted by molar-refractivity contribution is 7.33. The minimum absolute atomic E-state index is 0.0686. The highest BCUT2D eigenvalue weighted by Crippen LogP contribution is 2.49. The monoisotopic (exact) mass is 640 g/mol. The minimum Gasteiger partial charge on any atom is -0.311 e. The van der Waals surface area contributed by atoms with Gasteiger partial charge in [-0.15, -0.1) is 11.3 Å². The smallest absolute Gasteiger partial charge is 0.264 e. The van der Waals surface area contributed by atoms with Gasteiger partial charge in [0.2, 0.25) is 0 Å². The zero-order chi connectivity index (χ0) is 32.7. The SMILES string of the molecule is CC(C)(C)c1ccc(N2c3cccc4c3B(c3cc5c(cc3N4c3ccc4c(c3)CC4)CC5)c3sc4ccc(C(C)(C)C)cc4c32)cc1. The van der Waals surface area contributed by atoms with Crippen LogP contribution in [0.15, 0.2) is 91.0 Å². The molecule has 0 saturated carbocycles. The van der Waals surface area contributed by atoms with Crippen LogP contribution < -0.4 is 25.5 Å². The van der Waals surface area contributed by atoms with Crippen LogP contribution in [0.25, 0.3) is 10.1 Å². The van der Waals surface area contributed by atoms with Crippen molar-refractivity contribution >= 4 is 78.0 Å². The molecule has 236 valence electrons. The lowest BCUT2D eigenvalue weighted by Crippen LogP contribution is -2.60. The molecule has 6 aromatic rings. The molecule has 2 aliphatic heterocycles. The number of aryl methyl sites for hydroxylation is 4. The predicted molar refractivity (Wildman–Crippen MR) is 208 cm³/mol. The first-order valence-corrected chi connectivity index (χ1v) is 18.5. The van der Waals surface area contributed by atoms with Crippen LogP contribution in [0.3, 0.4) is 0 Å². The van der Waals surface area contributed by atoms with E-state index in [2.05, 4.69) is 142 Å². The molecular weight excluding hydrogens is 599 g/mol. The third kappa shape index (κ3) is 3.99. The lowest BCUT2D eigenvalue weighted by molar-refractivity contribution is 0.590. The molecule has 0 unspecified atom stereocenters. The number of fused-ring (bicyclic) bond motifs is 8. The lowest BCUT2D eigenvalue weighted by atomic mass is 9.36. The molecule has 0 radical (unpaired) electrons. The molecule has 4 aliphatic rings. The standard InChI is InChI=1S/C44H41BN2S/c1-43(2,3)30-15-19-32(20-16-30)47-37-9-7-8-36-40(37)45(42-41(47)34-25-31(44(4,5)6)17-21-39(34)48-42)35-23-28-12-13-29(28)24-38(35)46(36)33-18-14-26-10-11-27(26)22-33/h7-9,14-25H,10-13H2,1-6H3. The Balaban J connectivity index is 1.28. The molecule has 0 spiro atoms. The van der Waals surface area contributed by atoms with Gasteiger partial charge in [-0.3, -0.25) is 0 Å². The van der Waals surface area contributed by atoms with Crippen LogP contribution in [-0.4, -0.2) is 6.71 Å². The third-order valence-corrected chi connectivity index (χ3v) is 12.8. The van der Waals surface area contributed by atoms with Crippen LogP contribution in [0.5, 0.6) is 0 Å². The molecule has 4 heteroatoms. The van der Waals surface area contributed by atoms with E-state index in [1.165, 1.54) is 119 Å². The van der Waals surface area contributed by atoms with E-state index >= 15 is 0 Å². The van der Waals surface area contributed by atoms with Gasteiger partial charge in [-0.05, 0) is 135 Å². The Morgan fingerprint density at radius 2 is 1.19 bits per heavy atom. The Hall–Kier alpha value is -4.28. The van der Waals surface area contributed by atoms with Crippen molar-refractivity contribution in [2.75, 3.05) is 9.80 Å². The van der Waals surface area contributed by atoms with Gasteiger partial charge < -0.3 is 9.80 Å². The molecule has 0 N–H and O–H groups in total. The van der Waals surface area contributed by atoms with Gasteiger partial charge in [-0.25, -0.2) is 0 Å². The molecule has 2 aliphatic carbocycles.